The van der Waals surface area contributed by atoms with E-state index in [4.69, 9.17) is 18.9 Å². The van der Waals surface area contributed by atoms with Gasteiger partial charge < -0.3 is 29.2 Å². The molecule has 0 bridgehead atoms. The number of unbranched alkanes of at least 4 members (excludes halogenated alkanes) is 2. The number of carbonyl (C=O) groups is 1. The summed E-state index contributed by atoms with van der Waals surface area (Å²) in [6.07, 6.45) is 3.78. The Labute approximate surface area is 499 Å². The minimum absolute atomic E-state index is 0.170. The zero-order valence-electron chi connectivity index (χ0n) is 49.3. The molecule has 13 heteroatoms. The maximum atomic E-state index is 15.5. The van der Waals surface area contributed by atoms with Crippen molar-refractivity contribution in [1.29, 1.82) is 0 Å². The molecule has 8 aromatic carbocycles. The highest BCUT2D eigenvalue weighted by Crippen LogP contribution is 2.62. The third kappa shape index (κ3) is 10.8. The normalized spacial score (nSPS) is 18.9. The fraction of sp³-hybridized carbons (Fsp3) is 0.329. The second-order valence-corrected chi connectivity index (χ2v) is 24.1. The lowest BCUT2D eigenvalue weighted by molar-refractivity contribution is -0.143. The number of rotatable bonds is 14. The molecule has 0 radical (unpaired) electrons. The summed E-state index contributed by atoms with van der Waals surface area (Å²) < 4.78 is 116. The van der Waals surface area contributed by atoms with Crippen LogP contribution in [0.5, 0.6) is 17.2 Å². The molecule has 2 aliphatic carbocycles. The van der Waals surface area contributed by atoms with Crippen molar-refractivity contribution >= 4 is 34.1 Å². The molecular formula is C73H70F6N2O5. The van der Waals surface area contributed by atoms with Gasteiger partial charge in [-0.3, -0.25) is 4.79 Å². The number of fused-ring (bicyclic) bond motifs is 8. The second kappa shape index (κ2) is 23.0. The predicted molar refractivity (Wildman–Crippen MR) is 330 cm³/mol. The lowest BCUT2D eigenvalue weighted by Gasteiger charge is -2.39. The summed E-state index contributed by atoms with van der Waals surface area (Å²) in [5.41, 5.74) is 3.84. The first-order valence-electron chi connectivity index (χ1n) is 29.9. The molecule has 7 nitrogen and oxygen atoms in total. The molecule has 3 atom stereocenters. The van der Waals surface area contributed by atoms with Gasteiger partial charge in [0.25, 0.3) is 5.91 Å². The number of halogens is 6. The van der Waals surface area contributed by atoms with Crippen molar-refractivity contribution in [2.75, 3.05) is 50.7 Å². The SMILES string of the molecule is CCCCCC1CCCC(c2ccc(-c3ccc(C(=O)Nc4ccc(-c5cc6c7c(c8c(c6cc5OC)OC(c5ccc(OC)cc5)(c5ccc(N6CCOCC6)cc5)C=C8)C(C)(C)c5c-7cc(C(F)(F)F)cc5C(F)(F)F)c(C)c4)cc3)cc2)C1. The molecule has 86 heavy (non-hydrogen) atoms. The van der Waals surface area contributed by atoms with Crippen molar-refractivity contribution in [3.8, 4) is 50.6 Å². The molecule has 444 valence electrons. The van der Waals surface area contributed by atoms with Crippen molar-refractivity contribution in [3.05, 3.63) is 201 Å². The third-order valence-electron chi connectivity index (χ3n) is 18.5. The molecule has 1 saturated heterocycles. The van der Waals surface area contributed by atoms with Gasteiger partial charge >= 0.3 is 12.4 Å². The van der Waals surface area contributed by atoms with Crippen LogP contribution >= 0.6 is 0 Å². The van der Waals surface area contributed by atoms with Gasteiger partial charge in [-0.25, -0.2) is 0 Å². The van der Waals surface area contributed by atoms with E-state index in [1.807, 2.05) is 104 Å². The lowest BCUT2D eigenvalue weighted by Crippen LogP contribution is -2.37. The van der Waals surface area contributed by atoms with Gasteiger partial charge in [0.15, 0.2) is 5.60 Å². The van der Waals surface area contributed by atoms with Gasteiger partial charge in [0, 0.05) is 63.1 Å². The van der Waals surface area contributed by atoms with Crippen LogP contribution in [0.3, 0.4) is 0 Å². The number of hydrogen-bond acceptors (Lipinski definition) is 6. The number of amides is 1. The van der Waals surface area contributed by atoms with Crippen LogP contribution in [-0.4, -0.2) is 46.4 Å². The van der Waals surface area contributed by atoms with Crippen LogP contribution in [0, 0.1) is 12.8 Å². The number of nitrogens with zero attached hydrogens (tertiary/aromatic N) is 1. The second-order valence-electron chi connectivity index (χ2n) is 24.1. The lowest BCUT2D eigenvalue weighted by atomic mass is 9.75. The van der Waals surface area contributed by atoms with Crippen LogP contribution in [0.2, 0.25) is 0 Å². The van der Waals surface area contributed by atoms with Crippen LogP contribution in [0.1, 0.15) is 138 Å². The van der Waals surface area contributed by atoms with Crippen LogP contribution in [0.25, 0.3) is 50.2 Å². The van der Waals surface area contributed by atoms with E-state index in [0.717, 1.165) is 47.5 Å². The molecule has 1 saturated carbocycles. The maximum absolute atomic E-state index is 15.5. The summed E-state index contributed by atoms with van der Waals surface area (Å²) in [6, 6.07) is 42.0. The molecular weight excluding hydrogens is 1100 g/mol. The monoisotopic (exact) mass is 1170 g/mol. The first kappa shape index (κ1) is 58.4. The molecule has 4 aliphatic rings. The largest absolute Gasteiger partial charge is 0.497 e. The average molecular weight is 1170 g/mol. The van der Waals surface area contributed by atoms with E-state index in [1.165, 1.54) is 64.0 Å². The molecule has 0 aromatic heterocycles. The smallest absolute Gasteiger partial charge is 0.416 e. The van der Waals surface area contributed by atoms with E-state index in [2.05, 4.69) is 41.4 Å². The van der Waals surface area contributed by atoms with E-state index in [-0.39, 0.29) is 28.7 Å². The van der Waals surface area contributed by atoms with Crippen molar-refractivity contribution in [3.63, 3.8) is 0 Å². The molecule has 1 N–H and O–H groups in total. The number of alkyl halides is 6. The van der Waals surface area contributed by atoms with Crippen molar-refractivity contribution in [2.24, 2.45) is 5.92 Å². The molecule has 2 aliphatic heterocycles. The summed E-state index contributed by atoms with van der Waals surface area (Å²) in [6.45, 7) is 10.0. The number of anilines is 2. The molecule has 8 aromatic rings. The number of nitrogens with one attached hydrogen (secondary N) is 1. The number of methoxy groups -OCH3 is 2. The Kier molecular flexibility index (Phi) is 15.6. The van der Waals surface area contributed by atoms with Crippen LogP contribution < -0.4 is 24.4 Å². The van der Waals surface area contributed by atoms with Gasteiger partial charge in [-0.05, 0) is 166 Å². The minimum Gasteiger partial charge on any atom is -0.497 e. The fourth-order valence-electron chi connectivity index (χ4n) is 14.1. The quantitative estimate of drug-likeness (QED) is 0.0864. The fourth-order valence-corrected chi connectivity index (χ4v) is 14.1. The number of aryl methyl sites for hydroxylation is 1. The maximum Gasteiger partial charge on any atom is 0.416 e. The number of morpholine rings is 1. The summed E-state index contributed by atoms with van der Waals surface area (Å²) in [4.78, 5) is 16.1. The zero-order valence-corrected chi connectivity index (χ0v) is 49.3. The van der Waals surface area contributed by atoms with Crippen LogP contribution in [0.15, 0.2) is 146 Å². The molecule has 2 heterocycles. The summed E-state index contributed by atoms with van der Waals surface area (Å²) in [7, 11) is 3.09. The van der Waals surface area contributed by atoms with Gasteiger partial charge in [0.05, 0.1) is 38.6 Å². The zero-order chi connectivity index (χ0) is 60.3. The number of carbonyl (C=O) groups excluding carboxylic acids is 1. The van der Waals surface area contributed by atoms with Crippen LogP contribution in [-0.2, 0) is 28.1 Å². The van der Waals surface area contributed by atoms with Gasteiger partial charge in [-0.1, -0.05) is 132 Å². The number of hydrogen-bond donors (Lipinski definition) is 1. The average Bonchev–Trinajstić information content (AvgIpc) is 1.48. The van der Waals surface area contributed by atoms with E-state index in [0.29, 0.717) is 91.8 Å². The van der Waals surface area contributed by atoms with E-state index in [9.17, 15) is 18.0 Å². The Balaban J connectivity index is 0.925. The first-order chi connectivity index (χ1) is 41.3. The molecule has 3 unspecified atom stereocenters. The highest BCUT2D eigenvalue weighted by molar-refractivity contribution is 6.11. The van der Waals surface area contributed by atoms with Gasteiger partial charge in [0.1, 0.15) is 17.2 Å². The highest BCUT2D eigenvalue weighted by Gasteiger charge is 2.50. The topological polar surface area (TPSA) is 69.3 Å². The van der Waals surface area contributed by atoms with E-state index < -0.39 is 34.5 Å². The Morgan fingerprint density at radius 1 is 0.709 bits per heavy atom. The summed E-state index contributed by atoms with van der Waals surface area (Å²) in [5, 5.41) is 3.83. The summed E-state index contributed by atoms with van der Waals surface area (Å²) in [5.74, 6) is 2.38. The Hall–Kier alpha value is -8.03. The van der Waals surface area contributed by atoms with Gasteiger partial charge in [-0.2, -0.15) is 26.3 Å². The Morgan fingerprint density at radius 3 is 2.03 bits per heavy atom. The number of benzene rings is 8. The number of ether oxygens (including phenoxy) is 4. The van der Waals surface area contributed by atoms with Gasteiger partial charge in [0.2, 0.25) is 0 Å². The Bertz CT molecular complexity index is 3880. The molecule has 1 amide bonds. The third-order valence-corrected chi connectivity index (χ3v) is 18.5. The first-order valence-corrected chi connectivity index (χ1v) is 29.9. The highest BCUT2D eigenvalue weighted by atomic mass is 19.4. The minimum atomic E-state index is -5.14. The van der Waals surface area contributed by atoms with Crippen LogP contribution in [0.4, 0.5) is 37.7 Å². The Morgan fingerprint density at radius 2 is 1.40 bits per heavy atom. The van der Waals surface area contributed by atoms with Crippen molar-refractivity contribution in [1.82, 2.24) is 0 Å². The summed E-state index contributed by atoms with van der Waals surface area (Å²) >= 11 is 0. The van der Waals surface area contributed by atoms with Gasteiger partial charge in [-0.15, -0.1) is 0 Å². The van der Waals surface area contributed by atoms with E-state index in [1.54, 1.807) is 39.2 Å². The standard InChI is InChI=1S/C73H70F6N2O5/c1-7-8-9-11-45-12-10-13-50(39-45)48-16-14-46(15-17-48)47-18-20-49(21-19-47)69(82)80-54-26-31-57(44(2)38-54)59-42-60-61(43-64(59)84-6)68-58(67-65(60)62-40-53(72(74,75)76)41-63(73(77,78)79)66(62)70(67,3)4)32-33-71(86-68,52-24-29-56(83-5)30-25-52)51-22-27-55(28-23-51)81-34-36-85-37-35-81/h14-33,38,40-43,45,50H,7-13,34-37,39H2,1-6H3,(H,80,82). The van der Waals surface area contributed by atoms with Crippen molar-refractivity contribution < 1.29 is 50.1 Å². The predicted octanol–water partition coefficient (Wildman–Crippen LogP) is 19.1. The van der Waals surface area contributed by atoms with Crippen molar-refractivity contribution in [2.45, 2.75) is 108 Å². The molecule has 0 spiro atoms. The molecule has 2 fully saturated rings. The molecule has 12 rings (SSSR count). The van der Waals surface area contributed by atoms with E-state index >= 15 is 13.2 Å².